The maximum atomic E-state index is 13.9. The third kappa shape index (κ3) is 3.52. The van der Waals surface area contributed by atoms with Crippen LogP contribution in [-0.2, 0) is 4.79 Å². The molecule has 2 heterocycles. The second kappa shape index (κ2) is 7.50. The van der Waals surface area contributed by atoms with Gasteiger partial charge in [0, 0.05) is 19.0 Å². The van der Waals surface area contributed by atoms with Gasteiger partial charge in [-0.25, -0.2) is 4.39 Å². The summed E-state index contributed by atoms with van der Waals surface area (Å²) in [4.78, 5) is 26.2. The van der Waals surface area contributed by atoms with Crippen LogP contribution in [0.25, 0.3) is 0 Å². The second-order valence-corrected chi connectivity index (χ2v) is 6.94. The van der Waals surface area contributed by atoms with E-state index in [1.165, 1.54) is 25.1 Å². The maximum Gasteiger partial charge on any atom is 0.254 e. The zero-order valence-corrected chi connectivity index (χ0v) is 15.5. The summed E-state index contributed by atoms with van der Waals surface area (Å²) in [5.74, 6) is 0.251. The van der Waals surface area contributed by atoms with Crippen LogP contribution in [0.3, 0.4) is 0 Å². The molecule has 0 unspecified atom stereocenters. The second-order valence-electron chi connectivity index (χ2n) is 6.94. The molecule has 0 saturated carbocycles. The summed E-state index contributed by atoms with van der Waals surface area (Å²) in [5, 5.41) is 2.42. The van der Waals surface area contributed by atoms with Crippen LogP contribution in [0.5, 0.6) is 11.5 Å². The van der Waals surface area contributed by atoms with Crippen LogP contribution in [-0.4, -0.2) is 36.5 Å². The molecule has 2 aliphatic heterocycles. The molecule has 146 valence electrons. The van der Waals surface area contributed by atoms with Gasteiger partial charge in [-0.1, -0.05) is 6.07 Å². The van der Waals surface area contributed by atoms with Gasteiger partial charge in [0.25, 0.3) is 5.91 Å². The molecular formula is C21H21FN2O4. The summed E-state index contributed by atoms with van der Waals surface area (Å²) in [6.45, 7) is 2.95. The highest BCUT2D eigenvalue weighted by Gasteiger charge is 2.31. The van der Waals surface area contributed by atoms with Gasteiger partial charge in [0.1, 0.15) is 19.0 Å². The van der Waals surface area contributed by atoms with Gasteiger partial charge in [0.15, 0.2) is 11.5 Å². The van der Waals surface area contributed by atoms with Crippen molar-refractivity contribution in [1.29, 1.82) is 0 Å². The highest BCUT2D eigenvalue weighted by Crippen LogP contribution is 2.38. The smallest absolute Gasteiger partial charge is 0.254 e. The minimum Gasteiger partial charge on any atom is -0.486 e. The number of benzene rings is 2. The Kier molecular flexibility index (Phi) is 4.90. The van der Waals surface area contributed by atoms with Crippen LogP contribution in [0.1, 0.15) is 41.7 Å². The van der Waals surface area contributed by atoms with Crippen LogP contribution in [0.2, 0.25) is 0 Å². The predicted octanol–water partition coefficient (Wildman–Crippen LogP) is 3.53. The number of carbonyl (C=O) groups is 2. The molecule has 1 fully saturated rings. The van der Waals surface area contributed by atoms with E-state index >= 15 is 0 Å². The number of carbonyl (C=O) groups excluding carboxylic acids is 2. The largest absolute Gasteiger partial charge is 0.486 e. The van der Waals surface area contributed by atoms with Crippen LogP contribution in [0, 0.1) is 5.82 Å². The van der Waals surface area contributed by atoms with Gasteiger partial charge in [-0.15, -0.1) is 0 Å². The SMILES string of the molecule is CC(=O)Nc1cc(C(=O)N2CCC[C@@H]2c2ccc3c(c2)OCCO3)ccc1F. The molecule has 28 heavy (non-hydrogen) atoms. The summed E-state index contributed by atoms with van der Waals surface area (Å²) in [6.07, 6.45) is 1.72. The van der Waals surface area contributed by atoms with E-state index < -0.39 is 5.82 Å². The molecule has 2 aliphatic rings. The third-order valence-electron chi connectivity index (χ3n) is 4.99. The van der Waals surface area contributed by atoms with E-state index in [4.69, 9.17) is 9.47 Å². The van der Waals surface area contributed by atoms with E-state index in [9.17, 15) is 14.0 Å². The summed E-state index contributed by atoms with van der Waals surface area (Å²) in [6, 6.07) is 9.71. The van der Waals surface area contributed by atoms with Crippen molar-refractivity contribution in [3.63, 3.8) is 0 Å². The van der Waals surface area contributed by atoms with Crippen molar-refractivity contribution in [2.45, 2.75) is 25.8 Å². The Morgan fingerprint density at radius 2 is 1.89 bits per heavy atom. The van der Waals surface area contributed by atoms with Gasteiger partial charge in [0.2, 0.25) is 5.91 Å². The molecule has 7 heteroatoms. The number of fused-ring (bicyclic) bond motifs is 1. The molecule has 6 nitrogen and oxygen atoms in total. The third-order valence-corrected chi connectivity index (χ3v) is 4.99. The zero-order chi connectivity index (χ0) is 19.7. The van der Waals surface area contributed by atoms with Crippen molar-refractivity contribution in [2.24, 2.45) is 0 Å². The van der Waals surface area contributed by atoms with Crippen molar-refractivity contribution in [1.82, 2.24) is 4.90 Å². The first-order valence-electron chi connectivity index (χ1n) is 9.30. The molecule has 0 aliphatic carbocycles. The van der Waals surface area contributed by atoms with E-state index in [1.54, 1.807) is 4.90 Å². The first-order chi connectivity index (χ1) is 13.5. The molecule has 1 atom stereocenters. The first-order valence-corrected chi connectivity index (χ1v) is 9.30. The van der Waals surface area contributed by atoms with E-state index in [0.29, 0.717) is 36.8 Å². The van der Waals surface area contributed by atoms with Gasteiger partial charge in [-0.3, -0.25) is 9.59 Å². The predicted molar refractivity (Wildman–Crippen MR) is 101 cm³/mol. The molecular weight excluding hydrogens is 363 g/mol. The fourth-order valence-electron chi connectivity index (χ4n) is 3.73. The lowest BCUT2D eigenvalue weighted by molar-refractivity contribution is -0.114. The van der Waals surface area contributed by atoms with Gasteiger partial charge in [-0.2, -0.15) is 0 Å². The van der Waals surface area contributed by atoms with Gasteiger partial charge < -0.3 is 19.7 Å². The maximum absolute atomic E-state index is 13.9. The number of anilines is 1. The zero-order valence-electron chi connectivity index (χ0n) is 15.5. The number of halogens is 1. The Hall–Kier alpha value is -3.09. The number of hydrogen-bond acceptors (Lipinski definition) is 4. The Labute approximate surface area is 162 Å². The van der Waals surface area contributed by atoms with E-state index in [1.807, 2.05) is 18.2 Å². The highest BCUT2D eigenvalue weighted by atomic mass is 19.1. The number of ether oxygens (including phenoxy) is 2. The fraction of sp³-hybridized carbons (Fsp3) is 0.333. The average molecular weight is 384 g/mol. The van der Waals surface area contributed by atoms with Gasteiger partial charge >= 0.3 is 0 Å². The summed E-state index contributed by atoms with van der Waals surface area (Å²) in [7, 11) is 0. The van der Waals surface area contributed by atoms with Crippen LogP contribution in [0.4, 0.5) is 10.1 Å². The summed E-state index contributed by atoms with van der Waals surface area (Å²) >= 11 is 0. The number of nitrogens with zero attached hydrogens (tertiary/aromatic N) is 1. The molecule has 2 amide bonds. The topological polar surface area (TPSA) is 67.9 Å². The Morgan fingerprint density at radius 3 is 2.68 bits per heavy atom. The molecule has 2 aromatic rings. The monoisotopic (exact) mass is 384 g/mol. The lowest BCUT2D eigenvalue weighted by atomic mass is 10.0. The Bertz CT molecular complexity index is 931. The quantitative estimate of drug-likeness (QED) is 0.879. The van der Waals surface area contributed by atoms with Crippen molar-refractivity contribution in [3.8, 4) is 11.5 Å². The lowest BCUT2D eigenvalue weighted by Gasteiger charge is -2.27. The number of amides is 2. The number of hydrogen-bond donors (Lipinski definition) is 1. The van der Waals surface area contributed by atoms with E-state index in [0.717, 1.165) is 18.4 Å². The molecule has 0 bridgehead atoms. The van der Waals surface area contributed by atoms with Gasteiger partial charge in [-0.05, 0) is 48.7 Å². The van der Waals surface area contributed by atoms with Crippen molar-refractivity contribution >= 4 is 17.5 Å². The normalized spacial score (nSPS) is 18.1. The molecule has 0 spiro atoms. The van der Waals surface area contributed by atoms with Crippen LogP contribution in [0.15, 0.2) is 36.4 Å². The van der Waals surface area contributed by atoms with Crippen LogP contribution < -0.4 is 14.8 Å². The molecule has 2 aromatic carbocycles. The Balaban J connectivity index is 1.60. The van der Waals surface area contributed by atoms with Crippen molar-refractivity contribution in [2.75, 3.05) is 25.1 Å². The van der Waals surface area contributed by atoms with Crippen molar-refractivity contribution in [3.05, 3.63) is 53.3 Å². The number of likely N-dealkylation sites (tertiary alicyclic amines) is 1. The minimum absolute atomic E-state index is 0.00780. The molecule has 1 saturated heterocycles. The van der Waals surface area contributed by atoms with Crippen LogP contribution >= 0.6 is 0 Å². The van der Waals surface area contributed by atoms with E-state index in [2.05, 4.69) is 5.32 Å². The highest BCUT2D eigenvalue weighted by molar-refractivity contribution is 5.97. The molecule has 1 N–H and O–H groups in total. The molecule has 0 radical (unpaired) electrons. The summed E-state index contributed by atoms with van der Waals surface area (Å²) < 4.78 is 25.1. The van der Waals surface area contributed by atoms with E-state index in [-0.39, 0.29) is 23.5 Å². The fourth-order valence-corrected chi connectivity index (χ4v) is 3.73. The van der Waals surface area contributed by atoms with Gasteiger partial charge in [0.05, 0.1) is 11.7 Å². The standard InChI is InChI=1S/C21H21FN2O4/c1-13(25)23-17-11-15(4-6-16(17)22)21(26)24-8-2-3-18(24)14-5-7-19-20(12-14)28-10-9-27-19/h4-7,11-12,18H,2-3,8-10H2,1H3,(H,23,25)/t18-/m1/s1. The average Bonchev–Trinajstić information content (AvgIpc) is 3.18. The Morgan fingerprint density at radius 1 is 1.11 bits per heavy atom. The first kappa shape index (κ1) is 18.3. The lowest BCUT2D eigenvalue weighted by Crippen LogP contribution is -2.30. The summed E-state index contributed by atoms with van der Waals surface area (Å²) in [5.41, 5.74) is 1.34. The molecule has 4 rings (SSSR count). The molecule has 0 aromatic heterocycles. The number of nitrogens with one attached hydrogen (secondary N) is 1. The number of rotatable bonds is 3. The van der Waals surface area contributed by atoms with Crippen molar-refractivity contribution < 1.29 is 23.5 Å². The minimum atomic E-state index is -0.573.